The molecule has 4 nitrogen and oxygen atoms in total. The SMILES string of the molecule is CC(NC(=O)c1ccc(-c2nc3ccccc3[nH]2)cc1)c1ccccc1. The standard InChI is InChI=1S/C22H19N3O/c1-15(16-7-3-2-4-8-16)23-22(26)18-13-11-17(12-14-18)21-24-19-9-5-6-10-20(19)25-21/h2-15H,1H3,(H,23,26)(H,24,25). The van der Waals surface area contributed by atoms with Gasteiger partial charge in [-0.1, -0.05) is 54.6 Å². The molecule has 0 saturated heterocycles. The second kappa shape index (κ2) is 6.84. The van der Waals surface area contributed by atoms with Crippen LogP contribution < -0.4 is 5.32 Å². The summed E-state index contributed by atoms with van der Waals surface area (Å²) in [7, 11) is 0. The Morgan fingerprint density at radius 1 is 0.923 bits per heavy atom. The van der Waals surface area contributed by atoms with Gasteiger partial charge in [0.25, 0.3) is 5.91 Å². The molecule has 26 heavy (non-hydrogen) atoms. The average Bonchev–Trinajstić information content (AvgIpc) is 3.13. The fourth-order valence-electron chi connectivity index (χ4n) is 2.97. The topological polar surface area (TPSA) is 57.8 Å². The van der Waals surface area contributed by atoms with Crippen molar-refractivity contribution in [3.63, 3.8) is 0 Å². The van der Waals surface area contributed by atoms with Crippen molar-refractivity contribution in [1.82, 2.24) is 15.3 Å². The van der Waals surface area contributed by atoms with Crippen LogP contribution in [0.3, 0.4) is 0 Å². The largest absolute Gasteiger partial charge is 0.346 e. The van der Waals surface area contributed by atoms with Crippen LogP contribution in [0.4, 0.5) is 0 Å². The lowest BCUT2D eigenvalue weighted by molar-refractivity contribution is 0.0940. The van der Waals surface area contributed by atoms with Gasteiger partial charge in [-0.2, -0.15) is 0 Å². The molecule has 128 valence electrons. The van der Waals surface area contributed by atoms with Gasteiger partial charge < -0.3 is 10.3 Å². The molecule has 4 rings (SSSR count). The van der Waals surface area contributed by atoms with E-state index in [4.69, 9.17) is 0 Å². The number of rotatable bonds is 4. The van der Waals surface area contributed by atoms with Crippen molar-refractivity contribution in [2.24, 2.45) is 0 Å². The fourth-order valence-corrected chi connectivity index (χ4v) is 2.97. The summed E-state index contributed by atoms with van der Waals surface area (Å²) >= 11 is 0. The molecule has 0 fully saturated rings. The Bertz CT molecular complexity index is 1000. The van der Waals surface area contributed by atoms with Crippen molar-refractivity contribution >= 4 is 16.9 Å². The fraction of sp³-hybridized carbons (Fsp3) is 0.0909. The lowest BCUT2D eigenvalue weighted by atomic mass is 10.1. The molecule has 0 saturated carbocycles. The van der Waals surface area contributed by atoms with Gasteiger partial charge in [0.15, 0.2) is 0 Å². The van der Waals surface area contributed by atoms with E-state index in [1.807, 2.05) is 85.8 Å². The number of amides is 1. The number of aromatic nitrogens is 2. The number of aromatic amines is 1. The van der Waals surface area contributed by atoms with E-state index < -0.39 is 0 Å². The Kier molecular flexibility index (Phi) is 4.23. The van der Waals surface area contributed by atoms with E-state index in [9.17, 15) is 4.79 Å². The number of nitrogens with one attached hydrogen (secondary N) is 2. The molecule has 0 aliphatic heterocycles. The highest BCUT2D eigenvalue weighted by Gasteiger charge is 2.12. The van der Waals surface area contributed by atoms with Crippen molar-refractivity contribution in [2.45, 2.75) is 13.0 Å². The van der Waals surface area contributed by atoms with Crippen LogP contribution in [-0.4, -0.2) is 15.9 Å². The van der Waals surface area contributed by atoms with Crippen LogP contribution in [0.2, 0.25) is 0 Å². The molecular formula is C22H19N3O. The van der Waals surface area contributed by atoms with E-state index in [0.717, 1.165) is 28.0 Å². The molecule has 4 aromatic rings. The first-order valence-corrected chi connectivity index (χ1v) is 8.62. The van der Waals surface area contributed by atoms with E-state index in [2.05, 4.69) is 15.3 Å². The first-order valence-electron chi connectivity index (χ1n) is 8.62. The Balaban J connectivity index is 1.51. The highest BCUT2D eigenvalue weighted by molar-refractivity contribution is 5.95. The molecule has 1 unspecified atom stereocenters. The number of imidazole rings is 1. The monoisotopic (exact) mass is 341 g/mol. The van der Waals surface area contributed by atoms with Crippen LogP contribution in [0, 0.1) is 0 Å². The van der Waals surface area contributed by atoms with Crippen molar-refractivity contribution in [3.05, 3.63) is 90.0 Å². The van der Waals surface area contributed by atoms with Crippen LogP contribution in [-0.2, 0) is 0 Å². The molecule has 1 heterocycles. The van der Waals surface area contributed by atoms with Gasteiger partial charge in [0.2, 0.25) is 0 Å². The molecule has 4 heteroatoms. The number of H-pyrrole nitrogens is 1. The maximum absolute atomic E-state index is 12.5. The summed E-state index contributed by atoms with van der Waals surface area (Å²) in [5.74, 6) is 0.716. The number of hydrogen-bond donors (Lipinski definition) is 2. The number of carbonyl (C=O) groups excluding carboxylic acids is 1. The highest BCUT2D eigenvalue weighted by Crippen LogP contribution is 2.21. The predicted molar refractivity (Wildman–Crippen MR) is 104 cm³/mol. The molecule has 1 aromatic heterocycles. The quantitative estimate of drug-likeness (QED) is 0.564. The van der Waals surface area contributed by atoms with E-state index in [-0.39, 0.29) is 11.9 Å². The molecule has 0 aliphatic rings. The third kappa shape index (κ3) is 3.22. The number of fused-ring (bicyclic) bond motifs is 1. The zero-order valence-electron chi connectivity index (χ0n) is 14.4. The number of hydrogen-bond acceptors (Lipinski definition) is 2. The maximum Gasteiger partial charge on any atom is 0.251 e. The van der Waals surface area contributed by atoms with Gasteiger partial charge in [-0.05, 0) is 36.8 Å². The zero-order valence-corrected chi connectivity index (χ0v) is 14.4. The van der Waals surface area contributed by atoms with Gasteiger partial charge in [0.1, 0.15) is 5.82 Å². The molecule has 3 aromatic carbocycles. The normalized spacial score (nSPS) is 12.0. The molecule has 0 bridgehead atoms. The van der Waals surface area contributed by atoms with Crippen molar-refractivity contribution < 1.29 is 4.79 Å². The third-order valence-corrected chi connectivity index (χ3v) is 4.46. The summed E-state index contributed by atoms with van der Waals surface area (Å²) in [6, 6.07) is 25.3. The van der Waals surface area contributed by atoms with E-state index in [0.29, 0.717) is 5.56 Å². The summed E-state index contributed by atoms with van der Waals surface area (Å²) in [5, 5.41) is 3.03. The number of nitrogens with zero attached hydrogens (tertiary/aromatic N) is 1. The molecule has 0 spiro atoms. The summed E-state index contributed by atoms with van der Waals surface area (Å²) in [5.41, 5.74) is 4.60. The van der Waals surface area contributed by atoms with Gasteiger partial charge in [-0.15, -0.1) is 0 Å². The molecule has 1 amide bonds. The van der Waals surface area contributed by atoms with Crippen LogP contribution in [0.25, 0.3) is 22.4 Å². The molecule has 0 aliphatic carbocycles. The summed E-state index contributed by atoms with van der Waals surface area (Å²) in [4.78, 5) is 20.4. The maximum atomic E-state index is 12.5. The molecule has 2 N–H and O–H groups in total. The highest BCUT2D eigenvalue weighted by atomic mass is 16.1. The third-order valence-electron chi connectivity index (χ3n) is 4.46. The molecular weight excluding hydrogens is 322 g/mol. The van der Waals surface area contributed by atoms with E-state index >= 15 is 0 Å². The zero-order chi connectivity index (χ0) is 17.9. The van der Waals surface area contributed by atoms with Crippen LogP contribution in [0.15, 0.2) is 78.9 Å². The van der Waals surface area contributed by atoms with Gasteiger partial charge in [0.05, 0.1) is 17.1 Å². The van der Waals surface area contributed by atoms with Crippen LogP contribution in [0.5, 0.6) is 0 Å². The number of carbonyl (C=O) groups is 1. The van der Waals surface area contributed by atoms with Gasteiger partial charge in [-0.25, -0.2) is 4.98 Å². The summed E-state index contributed by atoms with van der Waals surface area (Å²) in [6.45, 7) is 1.98. The minimum Gasteiger partial charge on any atom is -0.346 e. The summed E-state index contributed by atoms with van der Waals surface area (Å²) in [6.07, 6.45) is 0. The van der Waals surface area contributed by atoms with E-state index in [1.165, 1.54) is 0 Å². The first-order chi connectivity index (χ1) is 12.7. The molecule has 1 atom stereocenters. The van der Waals surface area contributed by atoms with Crippen molar-refractivity contribution in [2.75, 3.05) is 0 Å². The smallest absolute Gasteiger partial charge is 0.251 e. The average molecular weight is 341 g/mol. The lowest BCUT2D eigenvalue weighted by Crippen LogP contribution is -2.26. The van der Waals surface area contributed by atoms with Gasteiger partial charge >= 0.3 is 0 Å². The Morgan fingerprint density at radius 2 is 1.62 bits per heavy atom. The first kappa shape index (κ1) is 16.1. The Labute approximate surface area is 151 Å². The van der Waals surface area contributed by atoms with Gasteiger partial charge in [-0.3, -0.25) is 4.79 Å². The van der Waals surface area contributed by atoms with Gasteiger partial charge in [0, 0.05) is 11.1 Å². The Morgan fingerprint density at radius 3 is 2.35 bits per heavy atom. The van der Waals surface area contributed by atoms with Crippen LogP contribution >= 0.6 is 0 Å². The number of para-hydroxylation sites is 2. The lowest BCUT2D eigenvalue weighted by Gasteiger charge is -2.14. The minimum atomic E-state index is -0.0856. The predicted octanol–water partition coefficient (Wildman–Crippen LogP) is 4.72. The number of benzene rings is 3. The summed E-state index contributed by atoms with van der Waals surface area (Å²) < 4.78 is 0. The van der Waals surface area contributed by atoms with E-state index in [1.54, 1.807) is 0 Å². The minimum absolute atomic E-state index is 0.0428. The van der Waals surface area contributed by atoms with Crippen molar-refractivity contribution in [1.29, 1.82) is 0 Å². The molecule has 0 radical (unpaired) electrons. The second-order valence-corrected chi connectivity index (χ2v) is 6.29. The van der Waals surface area contributed by atoms with Crippen molar-refractivity contribution in [3.8, 4) is 11.4 Å². The van der Waals surface area contributed by atoms with Crippen LogP contribution in [0.1, 0.15) is 28.9 Å². The Hall–Kier alpha value is -3.40. The second-order valence-electron chi connectivity index (χ2n) is 6.29.